The van der Waals surface area contributed by atoms with Crippen molar-refractivity contribution >= 4 is 44.1 Å². The van der Waals surface area contributed by atoms with Gasteiger partial charge in [0.25, 0.3) is 0 Å². The molecule has 2 atom stereocenters. The largest absolute Gasteiger partial charge is 0.493 e. The maximum Gasteiger partial charge on any atom is 0.164 e. The first-order valence-electron chi connectivity index (χ1n) is 9.17. The Morgan fingerprint density at radius 1 is 1.17 bits per heavy atom. The number of ether oxygens (including phenoxy) is 2. The molecule has 30 heavy (non-hydrogen) atoms. The fraction of sp³-hybridized carbons (Fsp3) is 0.350. The van der Waals surface area contributed by atoms with Crippen LogP contribution in [0.1, 0.15) is 5.56 Å². The topological polar surface area (TPSA) is 68.2 Å². The lowest BCUT2D eigenvalue weighted by atomic mass is 10.1. The molecule has 0 radical (unpaired) electrons. The number of rotatable bonds is 5. The zero-order chi connectivity index (χ0) is 21.5. The van der Waals surface area contributed by atoms with Crippen molar-refractivity contribution < 1.29 is 22.3 Å². The van der Waals surface area contributed by atoms with Gasteiger partial charge in [0.05, 0.1) is 37.8 Å². The maximum atomic E-state index is 13.3. The standard InChI is InChI=1S/C20H20ClFN2O4S2/c1-27-18-6-5-14(8-19(18)28-2)24-17-11-30(25,26)10-16(17)23-20(24)29-9-12-3-4-13(22)7-15(12)21/h3-8,16-17H,9-11H2,1-2H3. The van der Waals surface area contributed by atoms with Crippen LogP contribution in [0.3, 0.4) is 0 Å². The summed E-state index contributed by atoms with van der Waals surface area (Å²) in [7, 11) is -0.0457. The molecule has 1 fully saturated rings. The minimum atomic E-state index is -3.15. The van der Waals surface area contributed by atoms with E-state index in [0.717, 1.165) is 11.3 Å². The van der Waals surface area contributed by atoms with Gasteiger partial charge in [0.15, 0.2) is 26.5 Å². The van der Waals surface area contributed by atoms with Gasteiger partial charge in [-0.05, 0) is 29.8 Å². The molecule has 2 aliphatic rings. The van der Waals surface area contributed by atoms with Crippen LogP contribution < -0.4 is 14.4 Å². The Morgan fingerprint density at radius 3 is 2.63 bits per heavy atom. The molecular weight excluding hydrogens is 451 g/mol. The number of thioether (sulfide) groups is 1. The SMILES string of the molecule is COc1ccc(N2C(SCc3ccc(F)cc3Cl)=NC3CS(=O)(=O)CC32)cc1OC. The second-order valence-electron chi connectivity index (χ2n) is 7.06. The first-order valence-corrected chi connectivity index (χ1v) is 12.4. The van der Waals surface area contributed by atoms with Crippen molar-refractivity contribution in [3.63, 3.8) is 0 Å². The minimum absolute atomic E-state index is 0.0306. The number of halogens is 2. The number of benzene rings is 2. The normalized spacial score (nSPS) is 22.0. The molecule has 0 bridgehead atoms. The van der Waals surface area contributed by atoms with Crippen LogP contribution in [0.25, 0.3) is 0 Å². The lowest BCUT2D eigenvalue weighted by Gasteiger charge is -2.27. The number of hydrogen-bond donors (Lipinski definition) is 0. The number of hydrogen-bond acceptors (Lipinski definition) is 7. The monoisotopic (exact) mass is 470 g/mol. The van der Waals surface area contributed by atoms with E-state index < -0.39 is 15.7 Å². The number of sulfone groups is 1. The molecule has 2 aromatic rings. The first kappa shape index (κ1) is 21.3. The second kappa shape index (κ2) is 8.28. The zero-order valence-electron chi connectivity index (χ0n) is 16.3. The van der Waals surface area contributed by atoms with Gasteiger partial charge < -0.3 is 14.4 Å². The van der Waals surface area contributed by atoms with Crippen LogP contribution in [-0.4, -0.2) is 51.4 Å². The highest BCUT2D eigenvalue weighted by molar-refractivity contribution is 8.13. The van der Waals surface area contributed by atoms with Crippen molar-refractivity contribution in [2.75, 3.05) is 30.6 Å². The van der Waals surface area contributed by atoms with Gasteiger partial charge in [-0.2, -0.15) is 0 Å². The average molecular weight is 471 g/mol. The van der Waals surface area contributed by atoms with Gasteiger partial charge in [0.1, 0.15) is 5.82 Å². The Morgan fingerprint density at radius 2 is 1.93 bits per heavy atom. The third kappa shape index (κ3) is 4.10. The Bertz CT molecular complexity index is 1110. The van der Waals surface area contributed by atoms with Crippen LogP contribution in [0.5, 0.6) is 11.5 Å². The molecule has 0 saturated carbocycles. The van der Waals surface area contributed by atoms with E-state index in [1.807, 2.05) is 17.0 Å². The smallest absolute Gasteiger partial charge is 0.164 e. The number of anilines is 1. The van der Waals surface area contributed by atoms with Gasteiger partial charge in [-0.25, -0.2) is 12.8 Å². The summed E-state index contributed by atoms with van der Waals surface area (Å²) < 4.78 is 48.5. The summed E-state index contributed by atoms with van der Waals surface area (Å²) in [6.45, 7) is 0. The number of aliphatic imine (C=N–C) groups is 1. The summed E-state index contributed by atoms with van der Waals surface area (Å²) in [5.74, 6) is 1.29. The van der Waals surface area contributed by atoms with E-state index in [-0.39, 0.29) is 23.6 Å². The molecule has 0 aromatic heterocycles. The van der Waals surface area contributed by atoms with Crippen LogP contribution in [0.4, 0.5) is 10.1 Å². The highest BCUT2D eigenvalue weighted by Gasteiger charge is 2.47. The zero-order valence-corrected chi connectivity index (χ0v) is 18.7. The van der Waals surface area contributed by atoms with Crippen LogP contribution in [0.15, 0.2) is 41.4 Å². The molecule has 2 aromatic carbocycles. The number of fused-ring (bicyclic) bond motifs is 1. The van der Waals surface area contributed by atoms with Crippen molar-refractivity contribution in [1.82, 2.24) is 0 Å². The van der Waals surface area contributed by atoms with Gasteiger partial charge in [0, 0.05) is 22.5 Å². The van der Waals surface area contributed by atoms with Gasteiger partial charge in [-0.3, -0.25) is 4.99 Å². The summed E-state index contributed by atoms with van der Waals surface area (Å²) in [5.41, 5.74) is 1.55. The molecule has 1 saturated heterocycles. The van der Waals surface area contributed by atoms with E-state index in [1.165, 1.54) is 23.9 Å². The molecule has 160 valence electrons. The van der Waals surface area contributed by atoms with E-state index in [1.54, 1.807) is 26.4 Å². The van der Waals surface area contributed by atoms with E-state index in [4.69, 9.17) is 26.1 Å². The van der Waals surface area contributed by atoms with Gasteiger partial charge in [-0.1, -0.05) is 29.4 Å². The van der Waals surface area contributed by atoms with Gasteiger partial charge in [0.2, 0.25) is 0 Å². The fourth-order valence-electron chi connectivity index (χ4n) is 3.69. The molecule has 2 unspecified atom stereocenters. The van der Waals surface area contributed by atoms with E-state index in [0.29, 0.717) is 27.4 Å². The Balaban J connectivity index is 1.65. The summed E-state index contributed by atoms with van der Waals surface area (Å²) in [5, 5.41) is 1.05. The lowest BCUT2D eigenvalue weighted by Crippen LogP contribution is -2.39. The van der Waals surface area contributed by atoms with Gasteiger partial charge >= 0.3 is 0 Å². The Labute approximate surface area is 183 Å². The van der Waals surface area contributed by atoms with E-state index in [9.17, 15) is 12.8 Å². The molecule has 2 aliphatic heterocycles. The molecule has 0 spiro atoms. The van der Waals surface area contributed by atoms with Crippen LogP contribution >= 0.6 is 23.4 Å². The number of methoxy groups -OCH3 is 2. The van der Waals surface area contributed by atoms with Crippen LogP contribution in [0.2, 0.25) is 5.02 Å². The summed E-state index contributed by atoms with van der Waals surface area (Å²) in [6.07, 6.45) is 0. The average Bonchev–Trinajstić information content (AvgIpc) is 3.17. The maximum absolute atomic E-state index is 13.3. The van der Waals surface area contributed by atoms with Crippen molar-refractivity contribution in [2.24, 2.45) is 4.99 Å². The Kier molecular flexibility index (Phi) is 5.87. The molecule has 6 nitrogen and oxygen atoms in total. The quantitative estimate of drug-likeness (QED) is 0.662. The fourth-order valence-corrected chi connectivity index (χ4v) is 6.97. The highest BCUT2D eigenvalue weighted by Crippen LogP contribution is 2.39. The van der Waals surface area contributed by atoms with Crippen molar-refractivity contribution in [2.45, 2.75) is 17.8 Å². The Hall–Kier alpha value is -1.97. The third-order valence-electron chi connectivity index (χ3n) is 5.12. The molecule has 0 aliphatic carbocycles. The van der Waals surface area contributed by atoms with Crippen molar-refractivity contribution in [3.05, 3.63) is 52.8 Å². The minimum Gasteiger partial charge on any atom is -0.493 e. The first-order chi connectivity index (χ1) is 14.3. The second-order valence-corrected chi connectivity index (χ2v) is 10.6. The molecule has 4 rings (SSSR count). The summed E-state index contributed by atoms with van der Waals surface area (Å²) in [6, 6.07) is 9.14. The van der Waals surface area contributed by atoms with Gasteiger partial charge in [-0.15, -0.1) is 0 Å². The highest BCUT2D eigenvalue weighted by atomic mass is 35.5. The molecule has 0 amide bonds. The molecule has 10 heteroatoms. The van der Waals surface area contributed by atoms with Crippen molar-refractivity contribution in [3.8, 4) is 11.5 Å². The summed E-state index contributed by atoms with van der Waals surface area (Å²) in [4.78, 5) is 6.64. The molecule has 0 N–H and O–H groups in total. The van der Waals surface area contributed by atoms with E-state index in [2.05, 4.69) is 0 Å². The summed E-state index contributed by atoms with van der Waals surface area (Å²) >= 11 is 7.60. The number of amidine groups is 1. The van der Waals surface area contributed by atoms with E-state index >= 15 is 0 Å². The lowest BCUT2D eigenvalue weighted by molar-refractivity contribution is 0.355. The van der Waals surface area contributed by atoms with Crippen LogP contribution in [-0.2, 0) is 15.6 Å². The molecular formula is C20H20ClFN2O4S2. The van der Waals surface area contributed by atoms with Crippen LogP contribution in [0, 0.1) is 5.82 Å². The predicted octanol–water partition coefficient (Wildman–Crippen LogP) is 3.77. The van der Waals surface area contributed by atoms with Crippen molar-refractivity contribution in [1.29, 1.82) is 0 Å². The molecule has 2 heterocycles. The predicted molar refractivity (Wildman–Crippen MR) is 118 cm³/mol. The number of nitrogens with zero attached hydrogens (tertiary/aromatic N) is 2. The third-order valence-corrected chi connectivity index (χ3v) is 8.19.